The molecule has 2 rings (SSSR count). The van der Waals surface area contributed by atoms with E-state index in [9.17, 15) is 5.21 Å². The Balaban J connectivity index is 2.27. The van der Waals surface area contributed by atoms with E-state index < -0.39 is 0 Å². The smallest absolute Gasteiger partial charge is 0.103 e. The summed E-state index contributed by atoms with van der Waals surface area (Å²) in [4.78, 5) is 0. The van der Waals surface area contributed by atoms with Crippen LogP contribution in [-0.2, 0) is 0 Å². The number of hydrogen-bond donors (Lipinski definition) is 0. The van der Waals surface area contributed by atoms with E-state index >= 15 is 0 Å². The number of hydrogen-bond acceptors (Lipinski definition) is 2. The van der Waals surface area contributed by atoms with Crippen molar-refractivity contribution >= 4 is 5.69 Å². The predicted octanol–water partition coefficient (Wildman–Crippen LogP) is 1.76. The SMILES string of the molecule is C[N+]1([O-])CCCN1c1ccccc1. The Bertz CT molecular complexity index is 284. The average molecular weight is 178 g/mol. The van der Waals surface area contributed by atoms with Crippen LogP contribution in [-0.4, -0.2) is 24.9 Å². The van der Waals surface area contributed by atoms with Gasteiger partial charge in [-0.05, 0) is 12.1 Å². The number of benzene rings is 1. The third kappa shape index (κ3) is 1.53. The highest BCUT2D eigenvalue weighted by atomic mass is 16.6. The van der Waals surface area contributed by atoms with Gasteiger partial charge in [0.15, 0.2) is 0 Å². The standard InChI is InChI=1S/C10H14N2O/c1-12(13)9-5-8-11(12)10-6-3-2-4-7-10/h2-4,6-7H,5,8-9H2,1H3. The Morgan fingerprint density at radius 3 is 2.54 bits per heavy atom. The molecule has 0 spiro atoms. The molecule has 70 valence electrons. The number of rotatable bonds is 1. The third-order valence-electron chi connectivity index (χ3n) is 2.51. The molecule has 1 unspecified atom stereocenters. The van der Waals surface area contributed by atoms with Crippen LogP contribution in [0, 0.1) is 5.21 Å². The van der Waals surface area contributed by atoms with Gasteiger partial charge in [0.2, 0.25) is 0 Å². The summed E-state index contributed by atoms with van der Waals surface area (Å²) >= 11 is 0. The van der Waals surface area contributed by atoms with Gasteiger partial charge in [-0.3, -0.25) is 4.76 Å². The van der Waals surface area contributed by atoms with Crippen molar-refractivity contribution in [2.24, 2.45) is 0 Å². The lowest BCUT2D eigenvalue weighted by atomic mass is 10.3. The fourth-order valence-electron chi connectivity index (χ4n) is 1.82. The van der Waals surface area contributed by atoms with Gasteiger partial charge in [0.1, 0.15) is 6.54 Å². The zero-order valence-corrected chi connectivity index (χ0v) is 7.81. The molecule has 0 bridgehead atoms. The summed E-state index contributed by atoms with van der Waals surface area (Å²) in [6, 6.07) is 9.87. The fourth-order valence-corrected chi connectivity index (χ4v) is 1.82. The summed E-state index contributed by atoms with van der Waals surface area (Å²) < 4.78 is -0.260. The van der Waals surface area contributed by atoms with E-state index in [1.807, 2.05) is 35.3 Å². The molecule has 1 atom stereocenters. The van der Waals surface area contributed by atoms with E-state index in [1.54, 1.807) is 7.05 Å². The molecule has 0 N–H and O–H groups in total. The second-order valence-electron chi connectivity index (χ2n) is 3.59. The highest BCUT2D eigenvalue weighted by molar-refractivity contribution is 5.43. The fraction of sp³-hybridized carbons (Fsp3) is 0.400. The first kappa shape index (κ1) is 8.53. The van der Waals surface area contributed by atoms with Gasteiger partial charge in [-0.1, -0.05) is 18.2 Å². The molecular weight excluding hydrogens is 164 g/mol. The molecule has 0 aliphatic carbocycles. The minimum absolute atomic E-state index is 0.260. The van der Waals surface area contributed by atoms with E-state index in [1.165, 1.54) is 0 Å². The average Bonchev–Trinajstić information content (AvgIpc) is 2.47. The summed E-state index contributed by atoms with van der Waals surface area (Å²) in [5.41, 5.74) is 1.03. The Labute approximate surface area is 78.3 Å². The molecule has 1 aromatic rings. The molecule has 1 heterocycles. The van der Waals surface area contributed by atoms with E-state index in [4.69, 9.17) is 0 Å². The van der Waals surface area contributed by atoms with Crippen molar-refractivity contribution in [3.05, 3.63) is 35.5 Å². The summed E-state index contributed by atoms with van der Waals surface area (Å²) in [5.74, 6) is 0. The molecule has 3 heteroatoms. The van der Waals surface area contributed by atoms with E-state index in [-0.39, 0.29) is 4.76 Å². The number of hydroxylamine groups is 2. The Hall–Kier alpha value is -1.06. The van der Waals surface area contributed by atoms with Crippen molar-refractivity contribution in [2.75, 3.05) is 25.1 Å². The highest BCUT2D eigenvalue weighted by Gasteiger charge is 2.28. The van der Waals surface area contributed by atoms with E-state index in [2.05, 4.69) is 0 Å². The van der Waals surface area contributed by atoms with E-state index in [0.717, 1.165) is 18.7 Å². The van der Waals surface area contributed by atoms with Gasteiger partial charge in [0.25, 0.3) is 0 Å². The van der Waals surface area contributed by atoms with Crippen molar-refractivity contribution in [1.29, 1.82) is 0 Å². The van der Waals surface area contributed by atoms with Crippen LogP contribution < -0.4 is 5.01 Å². The summed E-state index contributed by atoms with van der Waals surface area (Å²) in [6.45, 7) is 1.55. The lowest BCUT2D eigenvalue weighted by Gasteiger charge is -2.41. The monoisotopic (exact) mass is 178 g/mol. The van der Waals surface area contributed by atoms with Gasteiger partial charge in [0, 0.05) is 6.42 Å². The summed E-state index contributed by atoms with van der Waals surface area (Å²) in [5, 5.41) is 13.8. The number of quaternary nitrogens is 1. The Morgan fingerprint density at radius 2 is 2.00 bits per heavy atom. The van der Waals surface area contributed by atoms with Crippen molar-refractivity contribution in [3.8, 4) is 0 Å². The normalized spacial score (nSPS) is 28.0. The van der Waals surface area contributed by atoms with Crippen LogP contribution in [0.2, 0.25) is 0 Å². The van der Waals surface area contributed by atoms with Crippen LogP contribution in [0.25, 0.3) is 0 Å². The maximum Gasteiger partial charge on any atom is 0.103 e. The van der Waals surface area contributed by atoms with Crippen molar-refractivity contribution in [3.63, 3.8) is 0 Å². The number of nitrogens with zero attached hydrogens (tertiary/aromatic N) is 2. The van der Waals surface area contributed by atoms with Gasteiger partial charge >= 0.3 is 0 Å². The molecule has 1 aliphatic heterocycles. The van der Waals surface area contributed by atoms with Gasteiger partial charge in [-0.15, -0.1) is 0 Å². The lowest BCUT2D eigenvalue weighted by Crippen LogP contribution is -2.48. The molecule has 1 saturated heterocycles. The third-order valence-corrected chi connectivity index (χ3v) is 2.51. The summed E-state index contributed by atoms with van der Waals surface area (Å²) in [7, 11) is 1.71. The zero-order valence-electron chi connectivity index (χ0n) is 7.81. The topological polar surface area (TPSA) is 26.3 Å². The van der Waals surface area contributed by atoms with Gasteiger partial charge in [-0.2, -0.15) is 0 Å². The molecule has 13 heavy (non-hydrogen) atoms. The van der Waals surface area contributed by atoms with Gasteiger partial charge in [-0.25, -0.2) is 5.01 Å². The predicted molar refractivity (Wildman–Crippen MR) is 52.8 cm³/mol. The maximum absolute atomic E-state index is 11.9. The molecular formula is C10H14N2O. The highest BCUT2D eigenvalue weighted by Crippen LogP contribution is 2.25. The van der Waals surface area contributed by atoms with Gasteiger partial charge < -0.3 is 5.21 Å². The minimum atomic E-state index is -0.260. The van der Waals surface area contributed by atoms with Crippen LogP contribution in [0.3, 0.4) is 0 Å². The lowest BCUT2D eigenvalue weighted by molar-refractivity contribution is -0.857. The van der Waals surface area contributed by atoms with Crippen LogP contribution in [0.1, 0.15) is 6.42 Å². The Kier molecular flexibility index (Phi) is 1.98. The molecule has 1 aromatic carbocycles. The maximum atomic E-state index is 11.9. The van der Waals surface area contributed by atoms with E-state index in [0.29, 0.717) is 6.54 Å². The first-order chi connectivity index (χ1) is 6.20. The second-order valence-corrected chi connectivity index (χ2v) is 3.59. The quantitative estimate of drug-likeness (QED) is 0.484. The van der Waals surface area contributed by atoms with Crippen LogP contribution in [0.5, 0.6) is 0 Å². The minimum Gasteiger partial charge on any atom is -0.606 e. The van der Waals surface area contributed by atoms with Crippen LogP contribution in [0.4, 0.5) is 5.69 Å². The van der Waals surface area contributed by atoms with Crippen molar-refractivity contribution in [2.45, 2.75) is 6.42 Å². The zero-order chi connectivity index (χ0) is 9.31. The van der Waals surface area contributed by atoms with Crippen LogP contribution >= 0.6 is 0 Å². The number of para-hydroxylation sites is 1. The molecule has 3 nitrogen and oxygen atoms in total. The number of anilines is 1. The second kappa shape index (κ2) is 3.01. The van der Waals surface area contributed by atoms with Crippen molar-refractivity contribution < 1.29 is 4.76 Å². The largest absolute Gasteiger partial charge is 0.606 e. The van der Waals surface area contributed by atoms with Crippen LogP contribution in [0.15, 0.2) is 30.3 Å². The first-order valence-electron chi connectivity index (χ1n) is 4.60. The van der Waals surface area contributed by atoms with Gasteiger partial charge in [0.05, 0.1) is 19.3 Å². The molecule has 0 amide bonds. The Morgan fingerprint density at radius 1 is 1.31 bits per heavy atom. The molecule has 0 radical (unpaired) electrons. The molecule has 1 fully saturated rings. The molecule has 0 aromatic heterocycles. The van der Waals surface area contributed by atoms with Crippen molar-refractivity contribution in [1.82, 2.24) is 0 Å². The summed E-state index contributed by atoms with van der Waals surface area (Å²) in [6.07, 6.45) is 0.981. The molecule has 0 saturated carbocycles. The molecule has 1 aliphatic rings. The first-order valence-corrected chi connectivity index (χ1v) is 4.60.